The lowest BCUT2D eigenvalue weighted by molar-refractivity contribution is 0.215. The fourth-order valence-corrected chi connectivity index (χ4v) is 0.866. The molecule has 0 amide bonds. The largest absolute Gasteiger partial charge is 0.385 e. The molecule has 0 fully saturated rings. The van der Waals surface area contributed by atoms with Crippen LogP contribution in [0, 0.1) is 0 Å². The van der Waals surface area contributed by atoms with Crippen molar-refractivity contribution in [2.24, 2.45) is 0 Å². The maximum absolute atomic E-state index is 4.82. The fraction of sp³-hybridized carbons (Fsp3) is 1.00. The second-order valence-electron chi connectivity index (χ2n) is 3.05. The summed E-state index contributed by atoms with van der Waals surface area (Å²) < 4.78 is 4.82. The number of ether oxygens (including phenoxy) is 1. The Hall–Kier alpha value is 0.394. The molecule has 0 N–H and O–H groups in total. The lowest BCUT2D eigenvalue weighted by atomic mass is 10.6. The zero-order chi connectivity index (χ0) is 10.9. The molecule has 0 spiro atoms. The summed E-state index contributed by atoms with van der Waals surface area (Å²) in [6, 6.07) is 2.79. The van der Waals surface area contributed by atoms with E-state index in [0.29, 0.717) is 9.52 Å². The van der Waals surface area contributed by atoms with Crippen LogP contribution in [0.25, 0.3) is 0 Å². The predicted octanol–water partition coefficient (Wildman–Crippen LogP) is 2.33. The molecule has 0 atom stereocenters. The molecule has 0 aliphatic carbocycles. The van der Waals surface area contributed by atoms with E-state index in [1.807, 2.05) is 0 Å². The van der Waals surface area contributed by atoms with E-state index in [-0.39, 0.29) is 9.52 Å². The van der Waals surface area contributed by atoms with Gasteiger partial charge in [0, 0.05) is 32.8 Å². The van der Waals surface area contributed by atoms with Gasteiger partial charge in [-0.25, -0.2) is 0 Å². The molecule has 0 aromatic heterocycles. The van der Waals surface area contributed by atoms with E-state index >= 15 is 0 Å². The van der Waals surface area contributed by atoms with Crippen molar-refractivity contribution in [2.75, 3.05) is 13.7 Å². The van der Waals surface area contributed by atoms with Crippen LogP contribution in [0.15, 0.2) is 0 Å². The standard InChI is InChI=1S/C4H12OSi.C3H10Si.C3H8/c1-5-3-4-6-2;1-3-4-2;1-3-2/h3-4,6H2,1-2H3;3-4H2,1-2H3;3H2,1-2H3. The molecule has 0 unspecified atom stereocenters. The summed E-state index contributed by atoms with van der Waals surface area (Å²) in [5.41, 5.74) is 0. The minimum absolute atomic E-state index is 0.278. The van der Waals surface area contributed by atoms with E-state index in [9.17, 15) is 0 Å². The topological polar surface area (TPSA) is 9.23 Å². The lowest BCUT2D eigenvalue weighted by Gasteiger charge is -1.88. The predicted molar refractivity (Wildman–Crippen MR) is 71.9 cm³/mol. The Morgan fingerprint density at radius 2 is 1.38 bits per heavy atom. The van der Waals surface area contributed by atoms with Crippen LogP contribution in [0.4, 0.5) is 0 Å². The highest BCUT2D eigenvalue weighted by Crippen LogP contribution is 1.75. The molecular weight excluding hydrogens is 192 g/mol. The third-order valence-electron chi connectivity index (χ3n) is 1.20. The zero-order valence-corrected chi connectivity index (χ0v) is 13.5. The second-order valence-corrected chi connectivity index (χ2v) is 6.76. The second kappa shape index (κ2) is 29.4. The molecule has 3 heteroatoms. The van der Waals surface area contributed by atoms with Gasteiger partial charge >= 0.3 is 0 Å². The van der Waals surface area contributed by atoms with Gasteiger partial charge in [-0.05, 0) is 6.04 Å². The number of hydrogen-bond donors (Lipinski definition) is 0. The molecule has 0 aliphatic rings. The van der Waals surface area contributed by atoms with Crippen LogP contribution >= 0.6 is 0 Å². The van der Waals surface area contributed by atoms with Gasteiger partial charge in [0.05, 0.1) is 0 Å². The van der Waals surface area contributed by atoms with E-state index in [1.54, 1.807) is 7.11 Å². The molecule has 0 radical (unpaired) electrons. The number of methoxy groups -OCH3 is 1. The summed E-state index contributed by atoms with van der Waals surface area (Å²) in [5, 5.41) is 0. The Labute approximate surface area is 90.3 Å². The first-order chi connectivity index (χ1) is 6.24. The highest BCUT2D eigenvalue weighted by molar-refractivity contribution is 6.33. The van der Waals surface area contributed by atoms with Crippen LogP contribution in [0.1, 0.15) is 27.2 Å². The Morgan fingerprint density at radius 3 is 1.46 bits per heavy atom. The highest BCUT2D eigenvalue weighted by atomic mass is 28.2. The van der Waals surface area contributed by atoms with Gasteiger partial charge in [0.1, 0.15) is 0 Å². The average molecular weight is 223 g/mol. The average Bonchev–Trinajstić information content (AvgIpc) is 2.16. The minimum atomic E-state index is 0.278. The first-order valence-electron chi connectivity index (χ1n) is 5.73. The third kappa shape index (κ3) is 69.4. The first kappa shape index (κ1) is 19.0. The summed E-state index contributed by atoms with van der Waals surface area (Å²) >= 11 is 0. The first-order valence-corrected chi connectivity index (χ1v) is 10.6. The van der Waals surface area contributed by atoms with Crippen LogP contribution in [0.3, 0.4) is 0 Å². The molecule has 0 aliphatic heterocycles. The lowest BCUT2D eigenvalue weighted by Crippen LogP contribution is -1.89. The maximum Gasteiger partial charge on any atom is 0.0433 e. The van der Waals surface area contributed by atoms with Crippen molar-refractivity contribution < 1.29 is 4.74 Å². The van der Waals surface area contributed by atoms with Crippen LogP contribution in [0.5, 0.6) is 0 Å². The molecule has 0 bridgehead atoms. The molecule has 0 saturated carbocycles. The van der Waals surface area contributed by atoms with Gasteiger partial charge in [0.2, 0.25) is 0 Å². The summed E-state index contributed by atoms with van der Waals surface area (Å²) in [5.74, 6) is 0. The number of hydrogen-bond acceptors (Lipinski definition) is 1. The molecule has 1 nitrogen and oxygen atoms in total. The van der Waals surface area contributed by atoms with Gasteiger partial charge in [-0.2, -0.15) is 0 Å². The van der Waals surface area contributed by atoms with Gasteiger partial charge in [0.25, 0.3) is 0 Å². The maximum atomic E-state index is 4.82. The van der Waals surface area contributed by atoms with Crippen molar-refractivity contribution in [3.63, 3.8) is 0 Å². The van der Waals surface area contributed by atoms with Crippen molar-refractivity contribution in [1.29, 1.82) is 0 Å². The van der Waals surface area contributed by atoms with Crippen LogP contribution in [0.2, 0.25) is 25.2 Å². The molecule has 0 heterocycles. The van der Waals surface area contributed by atoms with Crippen LogP contribution in [-0.2, 0) is 4.74 Å². The molecule has 0 saturated heterocycles. The van der Waals surface area contributed by atoms with E-state index in [1.165, 1.54) is 18.5 Å². The fourth-order valence-electron chi connectivity index (χ4n) is 0.289. The molecule has 13 heavy (non-hydrogen) atoms. The van der Waals surface area contributed by atoms with E-state index in [0.717, 1.165) is 6.61 Å². The van der Waals surface area contributed by atoms with Gasteiger partial charge in [-0.1, -0.05) is 46.3 Å². The molecule has 84 valence electrons. The van der Waals surface area contributed by atoms with E-state index in [4.69, 9.17) is 4.74 Å². The molecule has 0 aromatic carbocycles. The Balaban J connectivity index is -0.000000125. The smallest absolute Gasteiger partial charge is 0.0433 e. The molecule has 0 rings (SSSR count). The zero-order valence-electron chi connectivity index (χ0n) is 10.7. The third-order valence-corrected chi connectivity index (χ3v) is 3.20. The molecular formula is C10H30OSi2. The van der Waals surface area contributed by atoms with Gasteiger partial charge in [-0.3, -0.25) is 0 Å². The SMILES string of the molecule is CCC.CC[SiH2]C.COCC[SiH2]C. The Kier molecular flexibility index (Phi) is 43.1. The Bertz CT molecular complexity index is 46.2. The normalized spacial score (nSPS) is 9.69. The van der Waals surface area contributed by atoms with E-state index < -0.39 is 0 Å². The summed E-state index contributed by atoms with van der Waals surface area (Å²) in [6.07, 6.45) is 1.25. The van der Waals surface area contributed by atoms with Crippen molar-refractivity contribution in [2.45, 2.75) is 52.4 Å². The van der Waals surface area contributed by atoms with Crippen molar-refractivity contribution in [3.05, 3.63) is 0 Å². The monoisotopic (exact) mass is 222 g/mol. The van der Waals surface area contributed by atoms with Gasteiger partial charge < -0.3 is 4.74 Å². The summed E-state index contributed by atoms with van der Waals surface area (Å²) in [4.78, 5) is 0. The van der Waals surface area contributed by atoms with Gasteiger partial charge in [0.15, 0.2) is 0 Å². The van der Waals surface area contributed by atoms with Crippen LogP contribution in [-0.4, -0.2) is 32.8 Å². The molecule has 0 aromatic rings. The summed E-state index contributed by atoms with van der Waals surface area (Å²) in [6.45, 7) is 12.1. The number of rotatable bonds is 4. The minimum Gasteiger partial charge on any atom is -0.385 e. The van der Waals surface area contributed by atoms with Crippen LogP contribution < -0.4 is 0 Å². The quantitative estimate of drug-likeness (QED) is 0.524. The van der Waals surface area contributed by atoms with E-state index in [2.05, 4.69) is 33.9 Å². The summed E-state index contributed by atoms with van der Waals surface area (Å²) in [7, 11) is 2.46. The van der Waals surface area contributed by atoms with Crippen molar-refractivity contribution >= 4 is 19.0 Å². The van der Waals surface area contributed by atoms with Gasteiger partial charge in [-0.15, -0.1) is 0 Å². The van der Waals surface area contributed by atoms with Crippen molar-refractivity contribution in [1.82, 2.24) is 0 Å². The Morgan fingerprint density at radius 1 is 1.00 bits per heavy atom. The van der Waals surface area contributed by atoms with Crippen molar-refractivity contribution in [3.8, 4) is 0 Å². The highest BCUT2D eigenvalue weighted by Gasteiger charge is 1.75.